The third-order valence-corrected chi connectivity index (χ3v) is 4.10. The molecule has 0 saturated carbocycles. The summed E-state index contributed by atoms with van der Waals surface area (Å²) in [5.41, 5.74) is 1.97. The Hall–Kier alpha value is -1.40. The molecule has 96 valence electrons. The highest BCUT2D eigenvalue weighted by Crippen LogP contribution is 2.19. The largest absolute Gasteiger partial charge is 0.349 e. The fraction of sp³-hybridized carbons (Fsp3) is 0.0769. The molecule has 6 heteroatoms. The molecule has 4 nitrogen and oxygen atoms in total. The van der Waals surface area contributed by atoms with Crippen LogP contribution in [-0.4, -0.2) is 14.6 Å². The minimum absolute atomic E-state index is 0.614. The fourth-order valence-electron chi connectivity index (χ4n) is 1.76. The Morgan fingerprint density at radius 3 is 2.63 bits per heavy atom. The van der Waals surface area contributed by atoms with Gasteiger partial charge in [0.05, 0.1) is 4.47 Å². The van der Waals surface area contributed by atoms with Gasteiger partial charge in [0.1, 0.15) is 0 Å². The van der Waals surface area contributed by atoms with Crippen molar-refractivity contribution >= 4 is 43.5 Å². The van der Waals surface area contributed by atoms with Crippen LogP contribution in [-0.2, 0) is 6.54 Å². The van der Waals surface area contributed by atoms with Gasteiger partial charge in [-0.2, -0.15) is 4.98 Å². The number of nitrogens with zero attached hydrogens (tertiary/aromatic N) is 3. The van der Waals surface area contributed by atoms with Crippen LogP contribution in [0.2, 0.25) is 0 Å². The van der Waals surface area contributed by atoms with Gasteiger partial charge in [0.2, 0.25) is 5.95 Å². The van der Waals surface area contributed by atoms with Gasteiger partial charge in [0, 0.05) is 17.2 Å². The molecule has 0 spiro atoms. The summed E-state index contributed by atoms with van der Waals surface area (Å²) in [7, 11) is 0. The molecule has 2 heterocycles. The number of fused-ring (bicyclic) bond motifs is 1. The molecule has 0 aliphatic carbocycles. The van der Waals surface area contributed by atoms with E-state index in [1.54, 1.807) is 4.52 Å². The van der Waals surface area contributed by atoms with E-state index in [-0.39, 0.29) is 0 Å². The molecule has 0 bridgehead atoms. The average Bonchev–Trinajstić information content (AvgIpc) is 2.82. The first-order chi connectivity index (χ1) is 9.24. The van der Waals surface area contributed by atoms with E-state index in [1.807, 2.05) is 36.5 Å². The van der Waals surface area contributed by atoms with Crippen LogP contribution in [0.5, 0.6) is 0 Å². The predicted molar refractivity (Wildman–Crippen MR) is 82.2 cm³/mol. The highest BCUT2D eigenvalue weighted by Gasteiger charge is 2.06. The van der Waals surface area contributed by atoms with Crippen molar-refractivity contribution in [1.82, 2.24) is 14.6 Å². The molecular weight excluding hydrogens is 372 g/mol. The molecule has 0 fully saturated rings. The lowest BCUT2D eigenvalue weighted by Crippen LogP contribution is -2.01. The number of benzene rings is 1. The second-order valence-electron chi connectivity index (χ2n) is 4.00. The van der Waals surface area contributed by atoms with Crippen LogP contribution in [0.3, 0.4) is 0 Å². The van der Waals surface area contributed by atoms with Crippen LogP contribution in [0.1, 0.15) is 5.56 Å². The second-order valence-corrected chi connectivity index (χ2v) is 5.71. The Morgan fingerprint density at radius 2 is 1.84 bits per heavy atom. The number of hydrogen-bond acceptors (Lipinski definition) is 3. The van der Waals surface area contributed by atoms with E-state index in [0.29, 0.717) is 12.5 Å². The molecule has 3 rings (SSSR count). The first-order valence-electron chi connectivity index (χ1n) is 5.72. The van der Waals surface area contributed by atoms with Crippen molar-refractivity contribution in [3.63, 3.8) is 0 Å². The summed E-state index contributed by atoms with van der Waals surface area (Å²) in [5, 5.41) is 7.59. The predicted octanol–water partition coefficient (Wildman–Crippen LogP) is 3.87. The summed E-state index contributed by atoms with van der Waals surface area (Å²) in [5.74, 6) is 0.614. The Kier molecular flexibility index (Phi) is 3.52. The van der Waals surface area contributed by atoms with Crippen LogP contribution < -0.4 is 5.32 Å². The lowest BCUT2D eigenvalue weighted by atomic mass is 10.2. The third-order valence-electron chi connectivity index (χ3n) is 2.71. The molecule has 3 aromatic rings. The maximum Gasteiger partial charge on any atom is 0.243 e. The van der Waals surface area contributed by atoms with E-state index in [2.05, 4.69) is 53.3 Å². The van der Waals surface area contributed by atoms with E-state index >= 15 is 0 Å². The number of halogens is 2. The number of aromatic nitrogens is 3. The standard InChI is InChI=1S/C13H10Br2N4/c14-10-5-2-1-4-9(10)8-16-13-17-12-11(15)6-3-7-19(12)18-13/h1-7H,8H2,(H,16,18). The van der Waals surface area contributed by atoms with Gasteiger partial charge in [-0.1, -0.05) is 34.1 Å². The van der Waals surface area contributed by atoms with Gasteiger partial charge in [-0.15, -0.1) is 5.10 Å². The summed E-state index contributed by atoms with van der Waals surface area (Å²) in [6.45, 7) is 0.677. The Bertz CT molecular complexity index is 723. The maximum absolute atomic E-state index is 4.44. The second kappa shape index (κ2) is 5.30. The molecule has 0 amide bonds. The molecule has 1 aromatic carbocycles. The van der Waals surface area contributed by atoms with Crippen molar-refractivity contribution in [3.05, 3.63) is 57.1 Å². The molecule has 0 unspecified atom stereocenters. The Morgan fingerprint density at radius 1 is 1.05 bits per heavy atom. The number of pyridine rings is 1. The number of anilines is 1. The smallest absolute Gasteiger partial charge is 0.243 e. The molecule has 1 N–H and O–H groups in total. The molecule has 19 heavy (non-hydrogen) atoms. The van der Waals surface area contributed by atoms with Crippen molar-refractivity contribution in [1.29, 1.82) is 0 Å². The zero-order valence-electron chi connectivity index (χ0n) is 9.85. The molecular formula is C13H10Br2N4. The zero-order chi connectivity index (χ0) is 13.2. The molecule has 0 aliphatic heterocycles. The average molecular weight is 382 g/mol. The highest BCUT2D eigenvalue weighted by atomic mass is 79.9. The summed E-state index contributed by atoms with van der Waals surface area (Å²) < 4.78 is 3.75. The summed E-state index contributed by atoms with van der Waals surface area (Å²) >= 11 is 6.98. The monoisotopic (exact) mass is 380 g/mol. The molecule has 0 radical (unpaired) electrons. The minimum Gasteiger partial charge on any atom is -0.349 e. The summed E-state index contributed by atoms with van der Waals surface area (Å²) in [4.78, 5) is 4.44. The van der Waals surface area contributed by atoms with Gasteiger partial charge in [0.15, 0.2) is 5.65 Å². The minimum atomic E-state index is 0.614. The Balaban J connectivity index is 1.83. The van der Waals surface area contributed by atoms with Crippen LogP contribution in [0.15, 0.2) is 51.5 Å². The van der Waals surface area contributed by atoms with Crippen LogP contribution in [0.25, 0.3) is 5.65 Å². The number of rotatable bonds is 3. The number of hydrogen-bond donors (Lipinski definition) is 1. The lowest BCUT2D eigenvalue weighted by Gasteiger charge is -2.03. The summed E-state index contributed by atoms with van der Waals surface area (Å²) in [6, 6.07) is 11.9. The highest BCUT2D eigenvalue weighted by molar-refractivity contribution is 9.11. The van der Waals surface area contributed by atoms with Gasteiger partial charge in [-0.25, -0.2) is 4.52 Å². The van der Waals surface area contributed by atoms with Crippen molar-refractivity contribution in [2.75, 3.05) is 5.32 Å². The van der Waals surface area contributed by atoms with Crippen molar-refractivity contribution in [2.24, 2.45) is 0 Å². The van der Waals surface area contributed by atoms with E-state index in [4.69, 9.17) is 0 Å². The summed E-state index contributed by atoms with van der Waals surface area (Å²) in [6.07, 6.45) is 1.87. The van der Waals surface area contributed by atoms with Crippen molar-refractivity contribution < 1.29 is 0 Å². The van der Waals surface area contributed by atoms with Crippen molar-refractivity contribution in [2.45, 2.75) is 6.54 Å². The zero-order valence-corrected chi connectivity index (χ0v) is 13.0. The molecule has 0 atom stereocenters. The van der Waals surface area contributed by atoms with E-state index in [0.717, 1.165) is 14.6 Å². The van der Waals surface area contributed by atoms with Gasteiger partial charge >= 0.3 is 0 Å². The SMILES string of the molecule is Brc1ccccc1CNc1nc2c(Br)cccn2n1. The lowest BCUT2D eigenvalue weighted by molar-refractivity contribution is 0.947. The third kappa shape index (κ3) is 2.64. The van der Waals surface area contributed by atoms with E-state index < -0.39 is 0 Å². The molecule has 0 saturated heterocycles. The first-order valence-corrected chi connectivity index (χ1v) is 7.31. The maximum atomic E-state index is 4.44. The fourth-order valence-corrected chi connectivity index (χ4v) is 2.61. The van der Waals surface area contributed by atoms with Crippen molar-refractivity contribution in [3.8, 4) is 0 Å². The molecule has 2 aromatic heterocycles. The van der Waals surface area contributed by atoms with Crippen LogP contribution in [0.4, 0.5) is 5.95 Å². The quantitative estimate of drug-likeness (QED) is 0.748. The van der Waals surface area contributed by atoms with Gasteiger partial charge in [-0.3, -0.25) is 0 Å². The Labute approximate surface area is 127 Å². The topological polar surface area (TPSA) is 42.2 Å². The number of nitrogens with one attached hydrogen (secondary N) is 1. The van der Waals surface area contributed by atoms with Crippen LogP contribution in [0, 0.1) is 0 Å². The first kappa shape index (κ1) is 12.6. The van der Waals surface area contributed by atoms with Gasteiger partial charge in [0.25, 0.3) is 0 Å². The molecule has 0 aliphatic rings. The van der Waals surface area contributed by atoms with Gasteiger partial charge < -0.3 is 5.32 Å². The normalized spacial score (nSPS) is 10.8. The van der Waals surface area contributed by atoms with E-state index in [1.165, 1.54) is 5.56 Å². The van der Waals surface area contributed by atoms with Gasteiger partial charge in [-0.05, 0) is 39.7 Å². The van der Waals surface area contributed by atoms with Crippen LogP contribution >= 0.6 is 31.9 Å². The van der Waals surface area contributed by atoms with E-state index in [9.17, 15) is 0 Å².